The van der Waals surface area contributed by atoms with E-state index in [0.717, 1.165) is 19.3 Å². The summed E-state index contributed by atoms with van der Waals surface area (Å²) in [6.07, 6.45) is 8.14. The molecular formula is C38H37BN2O. The van der Waals surface area contributed by atoms with Crippen molar-refractivity contribution in [2.45, 2.75) is 44.9 Å². The van der Waals surface area contributed by atoms with Crippen LogP contribution in [0.5, 0.6) is 0 Å². The Labute approximate surface area is 250 Å². The molecule has 208 valence electrons. The van der Waals surface area contributed by atoms with Crippen molar-refractivity contribution in [3.05, 3.63) is 127 Å². The zero-order valence-electron chi connectivity index (χ0n) is 24.1. The van der Waals surface area contributed by atoms with Gasteiger partial charge in [-0.2, -0.15) is 0 Å². The lowest BCUT2D eigenvalue weighted by Crippen LogP contribution is -2.61. The molecule has 2 aliphatic heterocycles. The van der Waals surface area contributed by atoms with Crippen molar-refractivity contribution in [2.75, 3.05) is 16.4 Å². The first-order valence-corrected chi connectivity index (χ1v) is 15.5. The van der Waals surface area contributed by atoms with Crippen LogP contribution in [0.1, 0.15) is 44.1 Å². The smallest absolute Gasteiger partial charge is 0.252 e. The molecule has 1 N–H and O–H groups in total. The SMILES string of the molecule is OCCCCCCCCc1ccc(N2c3ccccc3B3c4ccccc4N(c4ccccc4)c4cccc2c43)cc1. The zero-order valence-corrected chi connectivity index (χ0v) is 24.1. The van der Waals surface area contributed by atoms with Gasteiger partial charge >= 0.3 is 0 Å². The highest BCUT2D eigenvalue weighted by molar-refractivity contribution is 7.00. The van der Waals surface area contributed by atoms with E-state index in [1.165, 1.54) is 81.8 Å². The van der Waals surface area contributed by atoms with Crippen LogP contribution in [0.2, 0.25) is 0 Å². The van der Waals surface area contributed by atoms with Crippen molar-refractivity contribution >= 4 is 57.2 Å². The molecule has 0 fully saturated rings. The van der Waals surface area contributed by atoms with Crippen LogP contribution in [0.25, 0.3) is 0 Å². The van der Waals surface area contributed by atoms with Gasteiger partial charge in [-0.05, 0) is 89.7 Å². The van der Waals surface area contributed by atoms with Gasteiger partial charge in [0.25, 0.3) is 6.71 Å². The standard InChI is InChI=1S/C38H37BN2O/c42-28-13-4-2-1-3-6-15-29-24-26-31(27-25-29)41-35-21-12-10-19-33(35)39-32-18-9-11-20-34(32)40(30-16-7-5-8-17-30)36-22-14-23-37(41)38(36)39/h5,7-12,14,16-27,42H,1-4,6,13,15,28H2. The molecule has 5 aromatic rings. The Morgan fingerprint density at radius 3 is 1.57 bits per heavy atom. The molecule has 0 aliphatic carbocycles. The largest absolute Gasteiger partial charge is 0.396 e. The summed E-state index contributed by atoms with van der Waals surface area (Å²) in [6, 6.07) is 44.6. The van der Waals surface area contributed by atoms with Crippen LogP contribution >= 0.6 is 0 Å². The highest BCUT2D eigenvalue weighted by atomic mass is 16.2. The van der Waals surface area contributed by atoms with Gasteiger partial charge in [0.15, 0.2) is 0 Å². The minimum absolute atomic E-state index is 0.177. The number of unbranched alkanes of at least 4 members (excludes halogenated alkanes) is 5. The van der Waals surface area contributed by atoms with E-state index >= 15 is 0 Å². The van der Waals surface area contributed by atoms with E-state index in [9.17, 15) is 0 Å². The number of hydrogen-bond donors (Lipinski definition) is 1. The van der Waals surface area contributed by atoms with Gasteiger partial charge in [-0.3, -0.25) is 0 Å². The molecule has 0 unspecified atom stereocenters. The van der Waals surface area contributed by atoms with Crippen molar-refractivity contribution in [1.29, 1.82) is 0 Å². The highest BCUT2D eigenvalue weighted by Gasteiger charge is 2.42. The maximum absolute atomic E-state index is 8.98. The number of anilines is 6. The molecule has 0 saturated carbocycles. The van der Waals surface area contributed by atoms with Crippen LogP contribution in [-0.2, 0) is 6.42 Å². The van der Waals surface area contributed by atoms with E-state index in [1.54, 1.807) is 0 Å². The fourth-order valence-electron chi connectivity index (χ4n) is 6.93. The fourth-order valence-corrected chi connectivity index (χ4v) is 6.93. The van der Waals surface area contributed by atoms with Gasteiger partial charge in [0.2, 0.25) is 0 Å². The van der Waals surface area contributed by atoms with Gasteiger partial charge in [0, 0.05) is 40.7 Å². The molecule has 0 saturated heterocycles. The van der Waals surface area contributed by atoms with E-state index in [-0.39, 0.29) is 6.71 Å². The lowest BCUT2D eigenvalue weighted by atomic mass is 9.33. The van der Waals surface area contributed by atoms with Crippen molar-refractivity contribution in [2.24, 2.45) is 0 Å². The summed E-state index contributed by atoms with van der Waals surface area (Å²) in [5.74, 6) is 0. The number of nitrogens with zero attached hydrogens (tertiary/aromatic N) is 2. The second-order valence-corrected chi connectivity index (χ2v) is 11.5. The lowest BCUT2D eigenvalue weighted by molar-refractivity contribution is 0.282. The van der Waals surface area contributed by atoms with Crippen molar-refractivity contribution in [3.63, 3.8) is 0 Å². The molecule has 5 aromatic carbocycles. The van der Waals surface area contributed by atoms with Crippen LogP contribution < -0.4 is 26.2 Å². The second kappa shape index (κ2) is 11.9. The average molecular weight is 549 g/mol. The van der Waals surface area contributed by atoms with Crippen molar-refractivity contribution in [1.82, 2.24) is 0 Å². The fraction of sp³-hybridized carbons (Fsp3) is 0.211. The molecule has 7 rings (SSSR count). The topological polar surface area (TPSA) is 26.7 Å². The first-order chi connectivity index (χ1) is 20.8. The number of benzene rings is 5. The van der Waals surface area contributed by atoms with Crippen LogP contribution in [0, 0.1) is 0 Å². The summed E-state index contributed by atoms with van der Waals surface area (Å²) in [5.41, 5.74) is 12.8. The van der Waals surface area contributed by atoms with Crippen LogP contribution in [0.15, 0.2) is 121 Å². The number of aliphatic hydroxyl groups is 1. The maximum Gasteiger partial charge on any atom is 0.252 e. The van der Waals surface area contributed by atoms with E-state index in [2.05, 4.69) is 131 Å². The molecule has 2 aliphatic rings. The Morgan fingerprint density at radius 1 is 0.452 bits per heavy atom. The third kappa shape index (κ3) is 4.80. The monoisotopic (exact) mass is 548 g/mol. The normalized spacial score (nSPS) is 13.0. The number of rotatable bonds is 10. The molecule has 0 radical (unpaired) electrons. The third-order valence-corrected chi connectivity index (χ3v) is 8.89. The third-order valence-electron chi connectivity index (χ3n) is 8.89. The summed E-state index contributed by atoms with van der Waals surface area (Å²) in [4.78, 5) is 4.90. The Hall–Kier alpha value is -4.28. The summed E-state index contributed by atoms with van der Waals surface area (Å²) >= 11 is 0. The molecular weight excluding hydrogens is 511 g/mol. The second-order valence-electron chi connectivity index (χ2n) is 11.5. The summed E-state index contributed by atoms with van der Waals surface area (Å²) in [7, 11) is 0. The molecule has 2 heterocycles. The van der Waals surface area contributed by atoms with Gasteiger partial charge in [-0.25, -0.2) is 0 Å². The molecule has 4 heteroatoms. The Kier molecular flexibility index (Phi) is 7.55. The predicted molar refractivity (Wildman–Crippen MR) is 179 cm³/mol. The Balaban J connectivity index is 1.26. The number of aliphatic hydroxyl groups excluding tert-OH is 1. The van der Waals surface area contributed by atoms with E-state index in [4.69, 9.17) is 5.11 Å². The first-order valence-electron chi connectivity index (χ1n) is 15.5. The van der Waals surface area contributed by atoms with Crippen LogP contribution in [0.4, 0.5) is 34.1 Å². The molecule has 0 bridgehead atoms. The van der Waals surface area contributed by atoms with Gasteiger partial charge in [-0.15, -0.1) is 0 Å². The van der Waals surface area contributed by atoms with Crippen molar-refractivity contribution in [3.8, 4) is 0 Å². The zero-order chi connectivity index (χ0) is 28.3. The van der Waals surface area contributed by atoms with Crippen LogP contribution in [-0.4, -0.2) is 18.4 Å². The average Bonchev–Trinajstić information content (AvgIpc) is 3.05. The first kappa shape index (κ1) is 26.6. The van der Waals surface area contributed by atoms with Gasteiger partial charge < -0.3 is 14.9 Å². The molecule has 0 aromatic heterocycles. The number of hydrogen-bond acceptors (Lipinski definition) is 3. The van der Waals surface area contributed by atoms with Gasteiger partial charge in [-0.1, -0.05) is 98.5 Å². The highest BCUT2D eigenvalue weighted by Crippen LogP contribution is 2.43. The van der Waals surface area contributed by atoms with E-state index < -0.39 is 0 Å². The van der Waals surface area contributed by atoms with Crippen LogP contribution in [0.3, 0.4) is 0 Å². The van der Waals surface area contributed by atoms with Gasteiger partial charge in [0.1, 0.15) is 0 Å². The molecule has 42 heavy (non-hydrogen) atoms. The maximum atomic E-state index is 8.98. The Morgan fingerprint density at radius 2 is 0.952 bits per heavy atom. The number of fused-ring (bicyclic) bond motifs is 4. The van der Waals surface area contributed by atoms with Crippen molar-refractivity contribution < 1.29 is 5.11 Å². The van der Waals surface area contributed by atoms with E-state index in [0.29, 0.717) is 6.61 Å². The molecule has 0 atom stereocenters. The molecule has 0 amide bonds. The summed E-state index contributed by atoms with van der Waals surface area (Å²) in [5, 5.41) is 8.98. The predicted octanol–water partition coefficient (Wildman–Crippen LogP) is 7.64. The van der Waals surface area contributed by atoms with E-state index in [1.807, 2.05) is 0 Å². The molecule has 3 nitrogen and oxygen atoms in total. The minimum atomic E-state index is 0.177. The number of para-hydroxylation sites is 3. The quantitative estimate of drug-likeness (QED) is 0.141. The van der Waals surface area contributed by atoms with Gasteiger partial charge in [0.05, 0.1) is 0 Å². The minimum Gasteiger partial charge on any atom is -0.396 e. The lowest BCUT2D eigenvalue weighted by Gasteiger charge is -2.44. The summed E-state index contributed by atoms with van der Waals surface area (Å²) in [6.45, 7) is 0.496. The molecule has 0 spiro atoms. The summed E-state index contributed by atoms with van der Waals surface area (Å²) < 4.78 is 0. The number of aryl methyl sites for hydroxylation is 1. The Bertz CT molecular complexity index is 1670.